The quantitative estimate of drug-likeness (QED) is 0.303. The average molecular weight is 553 g/mol. The Morgan fingerprint density at radius 2 is 1.73 bits per heavy atom. The van der Waals surface area contributed by atoms with Crippen LogP contribution in [0.3, 0.4) is 0 Å². The van der Waals surface area contributed by atoms with Crippen LogP contribution in [0.1, 0.15) is 40.7 Å². The molecule has 1 fully saturated rings. The Hall–Kier alpha value is -3.74. The molecule has 6 rings (SSSR count). The zero-order valence-electron chi connectivity index (χ0n) is 22.5. The Bertz CT molecular complexity index is 1520. The summed E-state index contributed by atoms with van der Waals surface area (Å²) in [5.41, 5.74) is 4.48. The SMILES string of the molecule is O=C(c1ccc2ncccc2c1)N1CCN(Cc2ccccc2)CCCN(C(=O)C2CC2)c2cc(Cl)ccc2C1. The van der Waals surface area contributed by atoms with Gasteiger partial charge in [-0.05, 0) is 66.8 Å². The standard InChI is InChI=1S/C33H33ClN4O2/c34-29-13-11-28-23-37(32(39)27-12-14-30-26(20-27)8-4-15-35-30)19-18-36(22-24-6-2-1-3-7-24)16-5-17-38(31(28)21-29)33(40)25-9-10-25/h1-4,6-8,11-15,20-21,25H,5,9-10,16-19,22-23H2. The molecule has 7 heteroatoms. The van der Waals surface area contributed by atoms with Crippen molar-refractivity contribution < 1.29 is 9.59 Å². The number of anilines is 1. The monoisotopic (exact) mass is 552 g/mol. The lowest BCUT2D eigenvalue weighted by Crippen LogP contribution is -2.38. The van der Waals surface area contributed by atoms with Crippen LogP contribution in [0.15, 0.2) is 85.1 Å². The van der Waals surface area contributed by atoms with Crippen LogP contribution in [-0.2, 0) is 17.9 Å². The van der Waals surface area contributed by atoms with Crippen molar-refractivity contribution in [3.05, 3.63) is 107 Å². The Morgan fingerprint density at radius 1 is 0.875 bits per heavy atom. The highest BCUT2D eigenvalue weighted by Crippen LogP contribution is 2.35. The average Bonchev–Trinajstić information content (AvgIpc) is 3.83. The summed E-state index contributed by atoms with van der Waals surface area (Å²) in [4.78, 5) is 38.2. The number of amides is 2. The Kier molecular flexibility index (Phi) is 7.80. The number of carbonyl (C=O) groups is 2. The molecule has 1 aromatic heterocycles. The molecule has 0 radical (unpaired) electrons. The first-order valence-electron chi connectivity index (χ1n) is 14.1. The van der Waals surface area contributed by atoms with E-state index in [1.165, 1.54) is 5.56 Å². The minimum atomic E-state index is -0.0365. The number of aromatic nitrogens is 1. The first-order valence-corrected chi connectivity index (χ1v) is 14.4. The lowest BCUT2D eigenvalue weighted by atomic mass is 10.1. The second-order valence-corrected chi connectivity index (χ2v) is 11.2. The fourth-order valence-corrected chi connectivity index (χ4v) is 5.66. The Morgan fingerprint density at radius 3 is 2.55 bits per heavy atom. The van der Waals surface area contributed by atoms with E-state index >= 15 is 0 Å². The van der Waals surface area contributed by atoms with E-state index in [2.05, 4.69) is 34.1 Å². The summed E-state index contributed by atoms with van der Waals surface area (Å²) >= 11 is 6.47. The molecule has 2 aliphatic rings. The largest absolute Gasteiger partial charge is 0.333 e. The van der Waals surface area contributed by atoms with Crippen LogP contribution in [0.2, 0.25) is 5.02 Å². The molecule has 0 unspecified atom stereocenters. The molecule has 0 N–H and O–H groups in total. The molecule has 40 heavy (non-hydrogen) atoms. The molecule has 6 nitrogen and oxygen atoms in total. The van der Waals surface area contributed by atoms with Crippen LogP contribution < -0.4 is 4.90 Å². The molecule has 2 heterocycles. The molecule has 204 valence electrons. The highest BCUT2D eigenvalue weighted by Gasteiger charge is 2.35. The molecule has 4 aromatic rings. The van der Waals surface area contributed by atoms with Gasteiger partial charge in [-0.15, -0.1) is 0 Å². The van der Waals surface area contributed by atoms with Gasteiger partial charge < -0.3 is 9.80 Å². The predicted octanol–water partition coefficient (Wildman–Crippen LogP) is 6.18. The Balaban J connectivity index is 1.36. The summed E-state index contributed by atoms with van der Waals surface area (Å²) in [5.74, 6) is 0.212. The number of hydrogen-bond acceptors (Lipinski definition) is 4. The zero-order valence-corrected chi connectivity index (χ0v) is 23.3. The fourth-order valence-electron chi connectivity index (χ4n) is 5.50. The van der Waals surface area contributed by atoms with Crippen molar-refractivity contribution in [3.8, 4) is 0 Å². The maximum atomic E-state index is 14.0. The smallest absolute Gasteiger partial charge is 0.254 e. The number of pyridine rings is 1. The Labute approximate surface area is 240 Å². The van der Waals surface area contributed by atoms with E-state index in [1.807, 2.05) is 64.4 Å². The molecule has 0 spiro atoms. The van der Waals surface area contributed by atoms with Crippen LogP contribution in [0.4, 0.5) is 5.69 Å². The number of fused-ring (bicyclic) bond motifs is 2. The highest BCUT2D eigenvalue weighted by molar-refractivity contribution is 6.31. The lowest BCUT2D eigenvalue weighted by molar-refractivity contribution is -0.119. The van der Waals surface area contributed by atoms with Crippen molar-refractivity contribution in [3.63, 3.8) is 0 Å². The number of carbonyl (C=O) groups excluding carboxylic acids is 2. The molecule has 2 amide bonds. The van der Waals surface area contributed by atoms with Crippen molar-refractivity contribution in [1.82, 2.24) is 14.8 Å². The van der Waals surface area contributed by atoms with E-state index in [4.69, 9.17) is 11.6 Å². The van der Waals surface area contributed by atoms with Gasteiger partial charge in [-0.2, -0.15) is 0 Å². The number of benzene rings is 3. The molecular formula is C33H33ClN4O2. The summed E-state index contributed by atoms with van der Waals surface area (Å²) in [6.07, 6.45) is 4.47. The van der Waals surface area contributed by atoms with Gasteiger partial charge in [0.25, 0.3) is 5.91 Å². The van der Waals surface area contributed by atoms with Crippen LogP contribution in [0.25, 0.3) is 10.9 Å². The zero-order chi connectivity index (χ0) is 27.5. The van der Waals surface area contributed by atoms with Crippen LogP contribution in [0, 0.1) is 5.92 Å². The van der Waals surface area contributed by atoms with E-state index in [9.17, 15) is 9.59 Å². The normalized spacial score (nSPS) is 16.8. The van der Waals surface area contributed by atoms with Crippen molar-refractivity contribution >= 4 is 40.0 Å². The van der Waals surface area contributed by atoms with Gasteiger partial charge in [0.1, 0.15) is 0 Å². The van der Waals surface area contributed by atoms with Crippen LogP contribution in [-0.4, -0.2) is 52.8 Å². The van der Waals surface area contributed by atoms with E-state index in [0.717, 1.165) is 61.1 Å². The van der Waals surface area contributed by atoms with E-state index in [1.54, 1.807) is 6.20 Å². The third-order valence-corrected chi connectivity index (χ3v) is 8.06. The second kappa shape index (κ2) is 11.8. The molecule has 3 aromatic carbocycles. The molecule has 1 aliphatic carbocycles. The summed E-state index contributed by atoms with van der Waals surface area (Å²) < 4.78 is 0. The maximum Gasteiger partial charge on any atom is 0.254 e. The fraction of sp³-hybridized carbons (Fsp3) is 0.303. The maximum absolute atomic E-state index is 14.0. The van der Waals surface area contributed by atoms with Gasteiger partial charge >= 0.3 is 0 Å². The minimum absolute atomic E-state index is 0.0365. The van der Waals surface area contributed by atoms with Crippen LogP contribution >= 0.6 is 11.6 Å². The number of rotatable bonds is 4. The number of nitrogens with zero attached hydrogens (tertiary/aromatic N) is 4. The number of hydrogen-bond donors (Lipinski definition) is 0. The summed E-state index contributed by atoms with van der Waals surface area (Å²) in [5, 5.41) is 1.53. The molecular weight excluding hydrogens is 520 g/mol. The highest BCUT2D eigenvalue weighted by atomic mass is 35.5. The van der Waals surface area contributed by atoms with Gasteiger partial charge in [-0.3, -0.25) is 19.5 Å². The van der Waals surface area contributed by atoms with E-state index < -0.39 is 0 Å². The molecule has 0 saturated heterocycles. The summed E-state index contributed by atoms with van der Waals surface area (Å²) in [7, 11) is 0. The molecule has 0 atom stereocenters. The molecule has 1 saturated carbocycles. The number of halogens is 1. The topological polar surface area (TPSA) is 56.8 Å². The van der Waals surface area contributed by atoms with Gasteiger partial charge in [0.05, 0.1) is 11.2 Å². The molecule has 0 bridgehead atoms. The lowest BCUT2D eigenvalue weighted by Gasteiger charge is -2.28. The summed E-state index contributed by atoms with van der Waals surface area (Å²) in [6, 6.07) is 25.7. The van der Waals surface area contributed by atoms with E-state index in [0.29, 0.717) is 30.2 Å². The summed E-state index contributed by atoms with van der Waals surface area (Å²) in [6.45, 7) is 3.93. The molecule has 1 aliphatic heterocycles. The minimum Gasteiger partial charge on any atom is -0.333 e. The van der Waals surface area contributed by atoms with Gasteiger partial charge in [-0.25, -0.2) is 0 Å². The van der Waals surface area contributed by atoms with Crippen molar-refractivity contribution in [2.24, 2.45) is 5.92 Å². The third-order valence-electron chi connectivity index (χ3n) is 7.82. The van der Waals surface area contributed by atoms with Crippen molar-refractivity contribution in [2.75, 3.05) is 31.1 Å². The van der Waals surface area contributed by atoms with Gasteiger partial charge in [0.2, 0.25) is 5.91 Å². The first-order chi connectivity index (χ1) is 19.5. The first kappa shape index (κ1) is 26.5. The van der Waals surface area contributed by atoms with Gasteiger partial charge in [0.15, 0.2) is 0 Å². The van der Waals surface area contributed by atoms with E-state index in [-0.39, 0.29) is 17.7 Å². The third kappa shape index (κ3) is 6.03. The second-order valence-electron chi connectivity index (χ2n) is 10.8. The van der Waals surface area contributed by atoms with Crippen LogP contribution in [0.5, 0.6) is 0 Å². The van der Waals surface area contributed by atoms with Crippen molar-refractivity contribution in [1.29, 1.82) is 0 Å². The van der Waals surface area contributed by atoms with Gasteiger partial charge in [-0.1, -0.05) is 54.1 Å². The van der Waals surface area contributed by atoms with Gasteiger partial charge in [0, 0.05) is 67.4 Å². The van der Waals surface area contributed by atoms with Crippen molar-refractivity contribution in [2.45, 2.75) is 32.4 Å². The predicted molar refractivity (Wildman–Crippen MR) is 159 cm³/mol.